The minimum atomic E-state index is -0.165. The van der Waals surface area contributed by atoms with Crippen molar-refractivity contribution in [2.45, 2.75) is 32.4 Å². The summed E-state index contributed by atoms with van der Waals surface area (Å²) in [4.78, 5) is 40.3. The van der Waals surface area contributed by atoms with Crippen molar-refractivity contribution >= 4 is 27.5 Å². The Morgan fingerprint density at radius 3 is 2.58 bits per heavy atom. The Labute approximate surface area is 157 Å². The molecule has 1 aliphatic rings. The van der Waals surface area contributed by atoms with Gasteiger partial charge in [-0.05, 0) is 59.6 Å². The van der Waals surface area contributed by atoms with Crippen molar-refractivity contribution in [1.29, 1.82) is 0 Å². The molecule has 1 saturated heterocycles. The highest BCUT2D eigenvalue weighted by atomic mass is 32.1. The van der Waals surface area contributed by atoms with Gasteiger partial charge in [-0.25, -0.2) is 4.98 Å². The maximum Gasteiger partial charge on any atom is 0.264 e. The van der Waals surface area contributed by atoms with Crippen molar-refractivity contribution in [1.82, 2.24) is 24.7 Å². The van der Waals surface area contributed by atoms with Gasteiger partial charge in [0.1, 0.15) is 10.7 Å². The van der Waals surface area contributed by atoms with Gasteiger partial charge < -0.3 is 19.7 Å². The Balaban J connectivity index is 1.92. The van der Waals surface area contributed by atoms with Crippen LogP contribution in [0.4, 0.5) is 0 Å². The summed E-state index contributed by atoms with van der Waals surface area (Å²) in [6.45, 7) is 4.41. The minimum absolute atomic E-state index is 0.00591. The third-order valence-corrected chi connectivity index (χ3v) is 6.24. The number of H-pyrrole nitrogens is 1. The van der Waals surface area contributed by atoms with Gasteiger partial charge in [0.2, 0.25) is 0 Å². The molecule has 2 aromatic rings. The quantitative estimate of drug-likeness (QED) is 0.875. The molecular formula is C18H27N5O2S. The minimum Gasteiger partial charge on any atom is -0.338 e. The second-order valence-corrected chi connectivity index (χ2v) is 8.44. The fourth-order valence-electron chi connectivity index (χ4n) is 3.48. The monoisotopic (exact) mass is 377 g/mol. The highest BCUT2D eigenvalue weighted by molar-refractivity contribution is 7.20. The number of carbonyl (C=O) groups excluding carboxylic acids is 1. The molecular weight excluding hydrogens is 350 g/mol. The number of piperidine rings is 1. The van der Waals surface area contributed by atoms with Gasteiger partial charge in [-0.2, -0.15) is 0 Å². The predicted molar refractivity (Wildman–Crippen MR) is 105 cm³/mol. The summed E-state index contributed by atoms with van der Waals surface area (Å²) in [7, 11) is 7.83. The van der Waals surface area contributed by atoms with Gasteiger partial charge in [-0.15, -0.1) is 11.3 Å². The van der Waals surface area contributed by atoms with E-state index in [0.717, 1.165) is 31.5 Å². The molecule has 3 heterocycles. The first-order valence-electron chi connectivity index (χ1n) is 8.90. The second kappa shape index (κ2) is 7.46. The van der Waals surface area contributed by atoms with Gasteiger partial charge in [0.15, 0.2) is 0 Å². The number of rotatable bonds is 4. The third-order valence-electron chi connectivity index (χ3n) is 5.07. The first kappa shape index (κ1) is 19.0. The molecule has 0 unspecified atom stereocenters. The normalized spacial score (nSPS) is 16.5. The molecule has 0 radical (unpaired) electrons. The number of carbonyl (C=O) groups is 1. The van der Waals surface area contributed by atoms with E-state index in [0.29, 0.717) is 27.5 Å². The van der Waals surface area contributed by atoms with Gasteiger partial charge in [-0.1, -0.05) is 0 Å². The maximum atomic E-state index is 13.1. The summed E-state index contributed by atoms with van der Waals surface area (Å²) in [5.74, 6) is 0.616. The highest BCUT2D eigenvalue weighted by Crippen LogP contribution is 2.29. The molecule has 0 atom stereocenters. The summed E-state index contributed by atoms with van der Waals surface area (Å²) in [6, 6.07) is 0.249. The fraction of sp³-hybridized carbons (Fsp3) is 0.611. The number of nitrogens with one attached hydrogen (secondary N) is 1. The average Bonchev–Trinajstić information content (AvgIpc) is 2.90. The van der Waals surface area contributed by atoms with E-state index < -0.39 is 0 Å². The van der Waals surface area contributed by atoms with Gasteiger partial charge >= 0.3 is 0 Å². The molecule has 8 heteroatoms. The van der Waals surface area contributed by atoms with E-state index >= 15 is 0 Å². The van der Waals surface area contributed by atoms with Crippen LogP contribution in [0.3, 0.4) is 0 Å². The fourth-order valence-corrected chi connectivity index (χ4v) is 4.66. The first-order valence-corrected chi connectivity index (χ1v) is 9.72. The number of aryl methyl sites for hydroxylation is 1. The van der Waals surface area contributed by atoms with E-state index in [9.17, 15) is 9.59 Å². The number of nitrogens with zero attached hydrogens (tertiary/aromatic N) is 4. The average molecular weight is 378 g/mol. The smallest absolute Gasteiger partial charge is 0.264 e. The Bertz CT molecular complexity index is 864. The van der Waals surface area contributed by atoms with E-state index in [4.69, 9.17) is 0 Å². The standard InChI is InChI=1S/C18H27N5O2S/c1-11-14-16(24)19-13(10-21(2)3)20-17(14)26-15(11)18(25)23(5)12-6-8-22(4)9-7-12/h12H,6-10H2,1-5H3,(H,19,20,24). The number of aromatic amines is 1. The van der Waals surface area contributed by atoms with Crippen molar-refractivity contribution in [3.63, 3.8) is 0 Å². The summed E-state index contributed by atoms with van der Waals surface area (Å²) in [5.41, 5.74) is 0.571. The molecule has 0 aromatic carbocycles. The van der Waals surface area contributed by atoms with Crippen LogP contribution in [0, 0.1) is 6.92 Å². The Kier molecular flexibility index (Phi) is 5.45. The van der Waals surface area contributed by atoms with Gasteiger partial charge in [0, 0.05) is 13.1 Å². The highest BCUT2D eigenvalue weighted by Gasteiger charge is 2.28. The lowest BCUT2D eigenvalue weighted by molar-refractivity contribution is 0.0664. The lowest BCUT2D eigenvalue weighted by Gasteiger charge is -2.35. The molecule has 0 saturated carbocycles. The zero-order valence-electron chi connectivity index (χ0n) is 16.1. The molecule has 0 spiro atoms. The van der Waals surface area contributed by atoms with Crippen LogP contribution in [0.25, 0.3) is 10.2 Å². The molecule has 0 bridgehead atoms. The van der Waals surface area contributed by atoms with E-state index in [1.807, 2.05) is 37.9 Å². The van der Waals surface area contributed by atoms with E-state index in [2.05, 4.69) is 21.9 Å². The molecule has 7 nitrogen and oxygen atoms in total. The van der Waals surface area contributed by atoms with Crippen molar-refractivity contribution in [2.24, 2.45) is 0 Å². The van der Waals surface area contributed by atoms with Crippen LogP contribution in [-0.2, 0) is 6.54 Å². The molecule has 1 N–H and O–H groups in total. The molecule has 1 aliphatic heterocycles. The van der Waals surface area contributed by atoms with E-state index in [-0.39, 0.29) is 17.5 Å². The summed E-state index contributed by atoms with van der Waals surface area (Å²) in [6.07, 6.45) is 1.96. The number of thiophene rings is 1. The van der Waals surface area contributed by atoms with Crippen molar-refractivity contribution < 1.29 is 4.79 Å². The van der Waals surface area contributed by atoms with E-state index in [1.54, 1.807) is 0 Å². The number of amides is 1. The summed E-state index contributed by atoms with van der Waals surface area (Å²) >= 11 is 1.33. The van der Waals surface area contributed by atoms with Gasteiger partial charge in [0.05, 0.1) is 16.8 Å². The van der Waals surface area contributed by atoms with Crippen molar-refractivity contribution in [3.05, 3.63) is 26.6 Å². The Morgan fingerprint density at radius 1 is 1.31 bits per heavy atom. The van der Waals surface area contributed by atoms with Crippen LogP contribution >= 0.6 is 11.3 Å². The van der Waals surface area contributed by atoms with Gasteiger partial charge in [0.25, 0.3) is 11.5 Å². The zero-order chi connectivity index (χ0) is 19.0. The van der Waals surface area contributed by atoms with Crippen LogP contribution in [0.2, 0.25) is 0 Å². The molecule has 2 aromatic heterocycles. The predicted octanol–water partition coefficient (Wildman–Crippen LogP) is 1.52. The number of hydrogen-bond acceptors (Lipinski definition) is 6. The molecule has 3 rings (SSSR count). The van der Waals surface area contributed by atoms with Crippen molar-refractivity contribution in [3.8, 4) is 0 Å². The SMILES string of the molecule is Cc1c(C(=O)N(C)C2CCN(C)CC2)sc2nc(CN(C)C)[nH]c(=O)c12. The molecule has 0 aliphatic carbocycles. The summed E-state index contributed by atoms with van der Waals surface area (Å²) in [5, 5.41) is 0.539. The van der Waals surface area contributed by atoms with Gasteiger partial charge in [-0.3, -0.25) is 9.59 Å². The Morgan fingerprint density at radius 2 is 1.96 bits per heavy atom. The number of fused-ring (bicyclic) bond motifs is 1. The molecule has 1 amide bonds. The summed E-state index contributed by atoms with van der Waals surface area (Å²) < 4.78 is 0. The molecule has 26 heavy (non-hydrogen) atoms. The third kappa shape index (κ3) is 3.67. The largest absolute Gasteiger partial charge is 0.338 e. The lowest BCUT2D eigenvalue weighted by Crippen LogP contribution is -2.44. The van der Waals surface area contributed by atoms with Crippen LogP contribution in [0.1, 0.15) is 33.9 Å². The zero-order valence-corrected chi connectivity index (χ0v) is 16.9. The van der Waals surface area contributed by atoms with Crippen LogP contribution < -0.4 is 5.56 Å². The van der Waals surface area contributed by atoms with Crippen LogP contribution in [0.5, 0.6) is 0 Å². The second-order valence-electron chi connectivity index (χ2n) is 7.44. The first-order chi connectivity index (χ1) is 12.3. The Hall–Kier alpha value is -1.77. The molecule has 1 fully saturated rings. The number of likely N-dealkylation sites (tertiary alicyclic amines) is 1. The van der Waals surface area contributed by atoms with Crippen molar-refractivity contribution in [2.75, 3.05) is 41.3 Å². The maximum absolute atomic E-state index is 13.1. The lowest BCUT2D eigenvalue weighted by atomic mass is 10.0. The van der Waals surface area contributed by atoms with Crippen LogP contribution in [0.15, 0.2) is 4.79 Å². The molecule has 142 valence electrons. The van der Waals surface area contributed by atoms with E-state index in [1.165, 1.54) is 11.3 Å². The van der Waals surface area contributed by atoms with Crippen LogP contribution in [-0.4, -0.2) is 77.9 Å². The number of hydrogen-bond donors (Lipinski definition) is 1. The number of aromatic nitrogens is 2. The topological polar surface area (TPSA) is 72.5 Å².